The molecule has 0 heterocycles. The number of benzene rings is 2. The standard InChI is InChI=1S/C20H19Cl2NO2/c21-15-7-5-14(19(22)13-15)6-12-20(24)23-16-8-10-18(11-9-16)25-17-3-1-2-4-17/h5-13,17H,1-4H2,(H,23,24)/b12-6+. The predicted octanol–water partition coefficient (Wildman–Crippen LogP) is 5.97. The van der Waals surface area contributed by atoms with Gasteiger partial charge in [0.05, 0.1) is 6.10 Å². The summed E-state index contributed by atoms with van der Waals surface area (Å²) in [6.45, 7) is 0. The minimum atomic E-state index is -0.226. The fourth-order valence-corrected chi connectivity index (χ4v) is 3.27. The van der Waals surface area contributed by atoms with Crippen molar-refractivity contribution in [2.24, 2.45) is 0 Å². The van der Waals surface area contributed by atoms with E-state index in [0.29, 0.717) is 16.1 Å². The van der Waals surface area contributed by atoms with Crippen molar-refractivity contribution in [3.8, 4) is 5.75 Å². The minimum Gasteiger partial charge on any atom is -0.490 e. The molecule has 1 fully saturated rings. The summed E-state index contributed by atoms with van der Waals surface area (Å²) in [5, 5.41) is 3.88. The number of anilines is 1. The van der Waals surface area contributed by atoms with Crippen LogP contribution in [0.15, 0.2) is 48.5 Å². The molecule has 1 amide bonds. The van der Waals surface area contributed by atoms with E-state index in [1.807, 2.05) is 24.3 Å². The molecule has 5 heteroatoms. The maximum Gasteiger partial charge on any atom is 0.248 e. The van der Waals surface area contributed by atoms with Gasteiger partial charge in [0.15, 0.2) is 0 Å². The Morgan fingerprint density at radius 2 is 1.80 bits per heavy atom. The van der Waals surface area contributed by atoms with Crippen LogP contribution >= 0.6 is 23.2 Å². The summed E-state index contributed by atoms with van der Waals surface area (Å²) in [6, 6.07) is 12.6. The van der Waals surface area contributed by atoms with Gasteiger partial charge in [0.2, 0.25) is 5.91 Å². The monoisotopic (exact) mass is 375 g/mol. The van der Waals surface area contributed by atoms with Crippen molar-refractivity contribution in [1.82, 2.24) is 0 Å². The molecular weight excluding hydrogens is 357 g/mol. The highest BCUT2D eigenvalue weighted by Crippen LogP contribution is 2.25. The Morgan fingerprint density at radius 3 is 2.48 bits per heavy atom. The zero-order chi connectivity index (χ0) is 17.6. The van der Waals surface area contributed by atoms with Crippen LogP contribution < -0.4 is 10.1 Å². The maximum absolute atomic E-state index is 12.0. The minimum absolute atomic E-state index is 0.226. The normalized spacial score (nSPS) is 14.8. The molecule has 0 spiro atoms. The smallest absolute Gasteiger partial charge is 0.248 e. The summed E-state index contributed by atoms with van der Waals surface area (Å²) < 4.78 is 5.91. The van der Waals surface area contributed by atoms with E-state index >= 15 is 0 Å². The highest BCUT2D eigenvalue weighted by atomic mass is 35.5. The first kappa shape index (κ1) is 17.8. The molecule has 2 aromatic carbocycles. The summed E-state index contributed by atoms with van der Waals surface area (Å²) in [6.07, 6.45) is 8.15. The number of hydrogen-bond acceptors (Lipinski definition) is 2. The SMILES string of the molecule is O=C(/C=C/c1ccc(Cl)cc1Cl)Nc1ccc(OC2CCCC2)cc1. The summed E-state index contributed by atoms with van der Waals surface area (Å²) in [5.74, 6) is 0.615. The molecule has 0 saturated heterocycles. The van der Waals surface area contributed by atoms with E-state index in [-0.39, 0.29) is 5.91 Å². The van der Waals surface area contributed by atoms with E-state index in [9.17, 15) is 4.79 Å². The molecule has 1 N–H and O–H groups in total. The van der Waals surface area contributed by atoms with Crippen LogP contribution in [0.3, 0.4) is 0 Å². The van der Waals surface area contributed by atoms with Crippen molar-refractivity contribution in [2.45, 2.75) is 31.8 Å². The van der Waals surface area contributed by atoms with Gasteiger partial charge in [-0.2, -0.15) is 0 Å². The summed E-state index contributed by atoms with van der Waals surface area (Å²) in [7, 11) is 0. The number of nitrogens with one attached hydrogen (secondary N) is 1. The van der Waals surface area contributed by atoms with Gasteiger partial charge in [0.1, 0.15) is 5.75 Å². The zero-order valence-corrected chi connectivity index (χ0v) is 15.2. The van der Waals surface area contributed by atoms with E-state index in [4.69, 9.17) is 27.9 Å². The Labute approximate surface area is 157 Å². The van der Waals surface area contributed by atoms with Crippen LogP contribution in [0.5, 0.6) is 5.75 Å². The second-order valence-electron chi connectivity index (χ2n) is 6.04. The van der Waals surface area contributed by atoms with Crippen molar-refractivity contribution in [1.29, 1.82) is 0 Å². The molecule has 0 radical (unpaired) electrons. The molecule has 0 aliphatic heterocycles. The Balaban J connectivity index is 1.56. The Morgan fingerprint density at radius 1 is 1.08 bits per heavy atom. The largest absolute Gasteiger partial charge is 0.490 e. The quantitative estimate of drug-likeness (QED) is 0.653. The van der Waals surface area contributed by atoms with Crippen molar-refractivity contribution in [3.05, 3.63) is 64.1 Å². The molecule has 0 aromatic heterocycles. The highest BCUT2D eigenvalue weighted by molar-refractivity contribution is 6.35. The first-order chi connectivity index (χ1) is 12.1. The van der Waals surface area contributed by atoms with Gasteiger partial charge in [0.25, 0.3) is 0 Å². The molecule has 1 aliphatic rings. The van der Waals surface area contributed by atoms with Crippen molar-refractivity contribution < 1.29 is 9.53 Å². The lowest BCUT2D eigenvalue weighted by Crippen LogP contribution is -2.11. The van der Waals surface area contributed by atoms with Crippen LogP contribution in [-0.2, 0) is 4.79 Å². The van der Waals surface area contributed by atoms with Gasteiger partial charge in [-0.15, -0.1) is 0 Å². The van der Waals surface area contributed by atoms with Gasteiger partial charge < -0.3 is 10.1 Å². The van der Waals surface area contributed by atoms with Gasteiger partial charge in [-0.25, -0.2) is 0 Å². The van der Waals surface area contributed by atoms with Crippen molar-refractivity contribution in [2.75, 3.05) is 5.32 Å². The van der Waals surface area contributed by atoms with E-state index in [1.54, 1.807) is 24.3 Å². The second kappa shape index (κ2) is 8.41. The summed E-state index contributed by atoms with van der Waals surface area (Å²) in [4.78, 5) is 12.0. The number of rotatable bonds is 5. The Bertz CT molecular complexity index is 766. The van der Waals surface area contributed by atoms with Crippen LogP contribution in [-0.4, -0.2) is 12.0 Å². The van der Waals surface area contributed by atoms with Gasteiger partial charge in [-0.05, 0) is 73.7 Å². The average Bonchev–Trinajstić information content (AvgIpc) is 3.09. The first-order valence-corrected chi connectivity index (χ1v) is 9.06. The van der Waals surface area contributed by atoms with Crippen molar-refractivity contribution in [3.63, 3.8) is 0 Å². The van der Waals surface area contributed by atoms with Gasteiger partial charge in [0, 0.05) is 21.8 Å². The van der Waals surface area contributed by atoms with Gasteiger partial charge in [-0.3, -0.25) is 4.79 Å². The van der Waals surface area contributed by atoms with Gasteiger partial charge in [-0.1, -0.05) is 29.3 Å². The van der Waals surface area contributed by atoms with Crippen LogP contribution in [0.2, 0.25) is 10.0 Å². The third-order valence-electron chi connectivity index (χ3n) is 4.10. The number of carbonyl (C=O) groups is 1. The second-order valence-corrected chi connectivity index (χ2v) is 6.88. The fourth-order valence-electron chi connectivity index (χ4n) is 2.80. The highest BCUT2D eigenvalue weighted by Gasteiger charge is 2.16. The third kappa shape index (κ3) is 5.25. The van der Waals surface area contributed by atoms with Crippen LogP contribution in [0, 0.1) is 0 Å². The van der Waals surface area contributed by atoms with E-state index in [2.05, 4.69) is 5.32 Å². The molecule has 0 bridgehead atoms. The number of carbonyl (C=O) groups excluding carboxylic acids is 1. The molecule has 0 unspecified atom stereocenters. The molecule has 3 nitrogen and oxygen atoms in total. The summed E-state index contributed by atoms with van der Waals surface area (Å²) in [5.41, 5.74) is 1.46. The molecule has 3 rings (SSSR count). The third-order valence-corrected chi connectivity index (χ3v) is 4.67. The van der Waals surface area contributed by atoms with Crippen LogP contribution in [0.1, 0.15) is 31.2 Å². The summed E-state index contributed by atoms with van der Waals surface area (Å²) >= 11 is 11.9. The molecular formula is C20H19Cl2NO2. The van der Waals surface area contributed by atoms with E-state index in [1.165, 1.54) is 18.9 Å². The fraction of sp³-hybridized carbons (Fsp3) is 0.250. The number of ether oxygens (including phenoxy) is 1. The zero-order valence-electron chi connectivity index (χ0n) is 13.7. The average molecular weight is 376 g/mol. The topological polar surface area (TPSA) is 38.3 Å². The number of amides is 1. The Kier molecular flexibility index (Phi) is 6.00. The number of halogens is 2. The number of hydrogen-bond donors (Lipinski definition) is 1. The maximum atomic E-state index is 12.0. The van der Waals surface area contributed by atoms with Crippen LogP contribution in [0.25, 0.3) is 6.08 Å². The van der Waals surface area contributed by atoms with Crippen LogP contribution in [0.4, 0.5) is 5.69 Å². The van der Waals surface area contributed by atoms with Crippen molar-refractivity contribution >= 4 is 40.9 Å². The van der Waals surface area contributed by atoms with Gasteiger partial charge >= 0.3 is 0 Å². The molecule has 1 saturated carbocycles. The van der Waals surface area contributed by atoms with E-state index in [0.717, 1.165) is 29.8 Å². The lowest BCUT2D eigenvalue weighted by molar-refractivity contribution is -0.111. The molecule has 25 heavy (non-hydrogen) atoms. The molecule has 0 atom stereocenters. The first-order valence-electron chi connectivity index (χ1n) is 8.31. The molecule has 130 valence electrons. The Hall–Kier alpha value is -1.97. The van der Waals surface area contributed by atoms with E-state index < -0.39 is 0 Å². The predicted molar refractivity (Wildman–Crippen MR) is 103 cm³/mol. The lowest BCUT2D eigenvalue weighted by atomic mass is 10.2. The lowest BCUT2D eigenvalue weighted by Gasteiger charge is -2.13. The molecule has 1 aliphatic carbocycles. The molecule has 2 aromatic rings.